The van der Waals surface area contributed by atoms with Gasteiger partial charge in [0.25, 0.3) is 0 Å². The first-order valence-electron chi connectivity index (χ1n) is 4.88. The zero-order valence-electron chi connectivity index (χ0n) is 9.15. The van der Waals surface area contributed by atoms with E-state index in [0.29, 0.717) is 6.42 Å². The molecular formula is C10H12ClF5N2. The maximum absolute atomic E-state index is 13.2. The SMILES string of the molecule is Cl.NCCC[C@H](N)c1c(F)c(F)c(F)c(F)c1F. The van der Waals surface area contributed by atoms with E-state index in [0.717, 1.165) is 0 Å². The number of halogens is 6. The highest BCUT2D eigenvalue weighted by atomic mass is 35.5. The van der Waals surface area contributed by atoms with Crippen LogP contribution in [0, 0.1) is 29.1 Å². The monoisotopic (exact) mass is 290 g/mol. The van der Waals surface area contributed by atoms with Crippen molar-refractivity contribution >= 4 is 12.4 Å². The van der Waals surface area contributed by atoms with E-state index in [2.05, 4.69) is 0 Å². The largest absolute Gasteiger partial charge is 0.330 e. The maximum Gasteiger partial charge on any atom is 0.200 e. The molecule has 0 radical (unpaired) electrons. The van der Waals surface area contributed by atoms with Crippen LogP contribution in [-0.4, -0.2) is 6.54 Å². The average molecular weight is 291 g/mol. The molecule has 0 saturated carbocycles. The van der Waals surface area contributed by atoms with Crippen molar-refractivity contribution in [3.8, 4) is 0 Å². The summed E-state index contributed by atoms with van der Waals surface area (Å²) in [5.41, 5.74) is 9.55. The molecule has 0 aliphatic rings. The highest BCUT2D eigenvalue weighted by molar-refractivity contribution is 5.85. The number of rotatable bonds is 4. The predicted octanol–water partition coefficient (Wildman–Crippen LogP) is 2.54. The lowest BCUT2D eigenvalue weighted by Crippen LogP contribution is -2.19. The molecule has 0 amide bonds. The minimum Gasteiger partial charge on any atom is -0.330 e. The van der Waals surface area contributed by atoms with Gasteiger partial charge in [-0.1, -0.05) is 0 Å². The third-order valence-electron chi connectivity index (χ3n) is 2.33. The number of hydrogen-bond acceptors (Lipinski definition) is 2. The summed E-state index contributed by atoms with van der Waals surface area (Å²) in [5.74, 6) is -9.92. The summed E-state index contributed by atoms with van der Waals surface area (Å²) in [4.78, 5) is 0. The van der Waals surface area contributed by atoms with Gasteiger partial charge in [-0.15, -0.1) is 12.4 Å². The van der Waals surface area contributed by atoms with Gasteiger partial charge in [0.05, 0.1) is 0 Å². The van der Waals surface area contributed by atoms with E-state index >= 15 is 0 Å². The number of benzene rings is 1. The zero-order valence-corrected chi connectivity index (χ0v) is 9.97. The lowest BCUT2D eigenvalue weighted by atomic mass is 10.0. The molecule has 0 aliphatic carbocycles. The molecule has 1 rings (SSSR count). The van der Waals surface area contributed by atoms with E-state index in [1.54, 1.807) is 0 Å². The zero-order chi connectivity index (χ0) is 13.2. The normalized spacial score (nSPS) is 12.2. The molecule has 0 heterocycles. The minimum absolute atomic E-state index is 0. The van der Waals surface area contributed by atoms with E-state index < -0.39 is 40.7 Å². The molecule has 0 unspecified atom stereocenters. The van der Waals surface area contributed by atoms with E-state index in [1.165, 1.54) is 0 Å². The molecule has 4 N–H and O–H groups in total. The van der Waals surface area contributed by atoms with Crippen molar-refractivity contribution < 1.29 is 22.0 Å². The van der Waals surface area contributed by atoms with Gasteiger partial charge < -0.3 is 11.5 Å². The van der Waals surface area contributed by atoms with Crippen LogP contribution in [0.2, 0.25) is 0 Å². The molecule has 1 aromatic carbocycles. The number of hydrogen-bond donors (Lipinski definition) is 2. The molecule has 0 aliphatic heterocycles. The Kier molecular flexibility index (Phi) is 6.51. The molecule has 0 saturated heterocycles. The first kappa shape index (κ1) is 17.1. The Hall–Kier alpha value is -0.920. The first-order chi connectivity index (χ1) is 7.91. The topological polar surface area (TPSA) is 52.0 Å². The summed E-state index contributed by atoms with van der Waals surface area (Å²) < 4.78 is 64.9. The van der Waals surface area contributed by atoms with Crippen LogP contribution < -0.4 is 11.5 Å². The predicted molar refractivity (Wildman–Crippen MR) is 58.7 cm³/mol. The molecule has 0 bridgehead atoms. The molecule has 0 aromatic heterocycles. The second-order valence-corrected chi connectivity index (χ2v) is 3.52. The van der Waals surface area contributed by atoms with Crippen molar-refractivity contribution in [1.29, 1.82) is 0 Å². The fraction of sp³-hybridized carbons (Fsp3) is 0.400. The quantitative estimate of drug-likeness (QED) is 0.509. The van der Waals surface area contributed by atoms with Crippen molar-refractivity contribution in [2.24, 2.45) is 11.5 Å². The molecule has 0 spiro atoms. The lowest BCUT2D eigenvalue weighted by molar-refractivity contribution is 0.361. The van der Waals surface area contributed by atoms with E-state index in [9.17, 15) is 22.0 Å². The van der Waals surface area contributed by atoms with Crippen LogP contribution in [0.4, 0.5) is 22.0 Å². The van der Waals surface area contributed by atoms with Gasteiger partial charge >= 0.3 is 0 Å². The highest BCUT2D eigenvalue weighted by Crippen LogP contribution is 2.28. The van der Waals surface area contributed by atoms with Gasteiger partial charge in [-0.3, -0.25) is 0 Å². The fourth-order valence-electron chi connectivity index (χ4n) is 1.43. The standard InChI is InChI=1S/C10H11F5N2.ClH/c11-6-5(4(17)2-1-3-16)7(12)9(14)10(15)8(6)13;/h4H,1-3,16-17H2;1H/t4-;/m0./s1. The molecule has 8 heteroatoms. The third kappa shape index (κ3) is 3.09. The Labute approximate surface area is 107 Å². The Morgan fingerprint density at radius 2 is 1.22 bits per heavy atom. The maximum atomic E-state index is 13.2. The summed E-state index contributed by atoms with van der Waals surface area (Å²) in [6, 6.07) is -1.27. The van der Waals surface area contributed by atoms with Crippen LogP contribution in [0.1, 0.15) is 24.4 Å². The molecule has 104 valence electrons. The van der Waals surface area contributed by atoms with Crippen LogP contribution in [0.15, 0.2) is 0 Å². The Morgan fingerprint density at radius 1 is 0.833 bits per heavy atom. The van der Waals surface area contributed by atoms with Crippen LogP contribution in [0.3, 0.4) is 0 Å². The molecule has 2 nitrogen and oxygen atoms in total. The van der Waals surface area contributed by atoms with Gasteiger partial charge in [0.1, 0.15) is 0 Å². The van der Waals surface area contributed by atoms with Crippen molar-refractivity contribution in [2.45, 2.75) is 18.9 Å². The summed E-state index contributed by atoms with van der Waals surface area (Å²) in [6.45, 7) is 0.211. The lowest BCUT2D eigenvalue weighted by Gasteiger charge is -2.14. The smallest absolute Gasteiger partial charge is 0.200 e. The van der Waals surface area contributed by atoms with E-state index in [1.807, 2.05) is 0 Å². The van der Waals surface area contributed by atoms with Gasteiger partial charge in [-0.05, 0) is 19.4 Å². The third-order valence-corrected chi connectivity index (χ3v) is 2.33. The van der Waals surface area contributed by atoms with Crippen LogP contribution in [0.25, 0.3) is 0 Å². The number of nitrogens with two attached hydrogens (primary N) is 2. The van der Waals surface area contributed by atoms with Crippen LogP contribution >= 0.6 is 12.4 Å². The van der Waals surface area contributed by atoms with E-state index in [-0.39, 0.29) is 25.4 Å². The van der Waals surface area contributed by atoms with Gasteiger partial charge in [-0.2, -0.15) is 0 Å². The second-order valence-electron chi connectivity index (χ2n) is 3.52. The van der Waals surface area contributed by atoms with Crippen LogP contribution in [-0.2, 0) is 0 Å². The van der Waals surface area contributed by atoms with Crippen molar-refractivity contribution in [3.63, 3.8) is 0 Å². The molecular weight excluding hydrogens is 279 g/mol. The van der Waals surface area contributed by atoms with Crippen molar-refractivity contribution in [2.75, 3.05) is 6.54 Å². The molecule has 18 heavy (non-hydrogen) atoms. The van der Waals surface area contributed by atoms with Gasteiger partial charge in [-0.25, -0.2) is 22.0 Å². The minimum atomic E-state index is -2.19. The van der Waals surface area contributed by atoms with Crippen LogP contribution in [0.5, 0.6) is 0 Å². The summed E-state index contributed by atoms with van der Waals surface area (Å²) in [5, 5.41) is 0. The highest BCUT2D eigenvalue weighted by Gasteiger charge is 2.28. The Bertz CT molecular complexity index is 398. The van der Waals surface area contributed by atoms with Gasteiger partial charge in [0, 0.05) is 11.6 Å². The Balaban J connectivity index is 0.00000289. The molecule has 1 atom stereocenters. The van der Waals surface area contributed by atoms with Gasteiger partial charge in [0.15, 0.2) is 23.3 Å². The molecule has 1 aromatic rings. The summed E-state index contributed by atoms with van der Waals surface area (Å²) >= 11 is 0. The average Bonchev–Trinajstić information content (AvgIpc) is 2.31. The summed E-state index contributed by atoms with van der Waals surface area (Å²) in [6.07, 6.45) is 0.357. The van der Waals surface area contributed by atoms with Gasteiger partial charge in [0.2, 0.25) is 5.82 Å². The Morgan fingerprint density at radius 3 is 1.61 bits per heavy atom. The summed E-state index contributed by atoms with van der Waals surface area (Å²) in [7, 11) is 0. The second kappa shape index (κ2) is 6.86. The molecule has 0 fully saturated rings. The van der Waals surface area contributed by atoms with Crippen molar-refractivity contribution in [1.82, 2.24) is 0 Å². The first-order valence-corrected chi connectivity index (χ1v) is 4.88. The fourth-order valence-corrected chi connectivity index (χ4v) is 1.43. The van der Waals surface area contributed by atoms with Crippen molar-refractivity contribution in [3.05, 3.63) is 34.6 Å². The van der Waals surface area contributed by atoms with E-state index in [4.69, 9.17) is 11.5 Å².